The second kappa shape index (κ2) is 10.3. The van der Waals surface area contributed by atoms with Gasteiger partial charge in [-0.2, -0.15) is 0 Å². The van der Waals surface area contributed by atoms with Crippen LogP contribution in [0, 0.1) is 27.7 Å². The summed E-state index contributed by atoms with van der Waals surface area (Å²) in [5, 5.41) is 2.83. The second-order valence-electron chi connectivity index (χ2n) is 8.47. The van der Waals surface area contributed by atoms with Gasteiger partial charge in [-0.05, 0) is 75.4 Å². The first-order valence-corrected chi connectivity index (χ1v) is 10.9. The average molecular weight is 448 g/mol. The zero-order chi connectivity index (χ0) is 23.4. The van der Waals surface area contributed by atoms with Crippen molar-refractivity contribution in [3.63, 3.8) is 0 Å². The highest BCUT2D eigenvalue weighted by Crippen LogP contribution is 2.30. The molecule has 1 aliphatic rings. The lowest BCUT2D eigenvalue weighted by Crippen LogP contribution is -2.43. The van der Waals surface area contributed by atoms with Gasteiger partial charge in [0.15, 0.2) is 0 Å². The van der Waals surface area contributed by atoms with Gasteiger partial charge in [0.05, 0.1) is 6.54 Å². The van der Waals surface area contributed by atoms with E-state index in [1.165, 1.54) is 0 Å². The smallest absolute Gasteiger partial charge is 0.255 e. The zero-order valence-electron chi connectivity index (χ0n) is 19.1. The minimum absolute atomic E-state index is 0.0667. The molecule has 32 heavy (non-hydrogen) atoms. The highest BCUT2D eigenvalue weighted by atomic mass is 19.3. The Morgan fingerprint density at radius 2 is 1.88 bits per heavy atom. The normalized spacial score (nSPS) is 14.6. The molecular weight excluding hydrogens is 416 g/mol. The maximum absolute atomic E-state index is 13.4. The highest BCUT2D eigenvalue weighted by Gasteiger charge is 2.27. The molecular formula is C24H31F2N3O3. The van der Waals surface area contributed by atoms with Crippen LogP contribution in [0.25, 0.3) is 0 Å². The molecule has 0 saturated carbocycles. The molecule has 8 heteroatoms. The number of carbonyl (C=O) groups excluding carboxylic acids is 1. The summed E-state index contributed by atoms with van der Waals surface area (Å²) in [5.74, 6) is -0.337. The van der Waals surface area contributed by atoms with Gasteiger partial charge < -0.3 is 19.9 Å². The fourth-order valence-electron chi connectivity index (χ4n) is 4.33. The highest BCUT2D eigenvalue weighted by molar-refractivity contribution is 5.97. The number of halogens is 2. The van der Waals surface area contributed by atoms with E-state index in [-0.39, 0.29) is 24.1 Å². The van der Waals surface area contributed by atoms with E-state index in [2.05, 4.69) is 10.3 Å². The monoisotopic (exact) mass is 447 g/mol. The van der Waals surface area contributed by atoms with Gasteiger partial charge >= 0.3 is 0 Å². The largest absolute Gasteiger partial charge is 0.381 e. The quantitative estimate of drug-likeness (QED) is 0.677. The molecule has 0 spiro atoms. The van der Waals surface area contributed by atoms with Gasteiger partial charge in [-0.15, -0.1) is 0 Å². The van der Waals surface area contributed by atoms with Crippen LogP contribution in [-0.4, -0.2) is 43.1 Å². The number of hydrogen-bond donors (Lipinski definition) is 2. The number of carbonyl (C=O) groups is 1. The van der Waals surface area contributed by atoms with Crippen molar-refractivity contribution in [2.45, 2.75) is 59.5 Å². The summed E-state index contributed by atoms with van der Waals surface area (Å²) < 4.78 is 32.3. The van der Waals surface area contributed by atoms with Crippen LogP contribution in [0.4, 0.5) is 14.5 Å². The number of aromatic nitrogens is 1. The van der Waals surface area contributed by atoms with E-state index in [0.29, 0.717) is 48.4 Å². The molecule has 1 aromatic carbocycles. The Morgan fingerprint density at radius 3 is 2.50 bits per heavy atom. The number of H-pyrrole nitrogens is 1. The first kappa shape index (κ1) is 23.9. The Bertz CT molecular complexity index is 1030. The topological polar surface area (TPSA) is 74.4 Å². The summed E-state index contributed by atoms with van der Waals surface area (Å²) in [6, 6.07) is 5.40. The Hall–Kier alpha value is -2.74. The van der Waals surface area contributed by atoms with Gasteiger partial charge in [0.25, 0.3) is 17.9 Å². The molecule has 2 heterocycles. The Labute approximate surface area is 187 Å². The average Bonchev–Trinajstić information content (AvgIpc) is 2.73. The number of alkyl halides is 2. The molecule has 2 N–H and O–H groups in total. The Kier molecular flexibility index (Phi) is 7.66. The molecule has 3 rings (SSSR count). The number of nitrogens with one attached hydrogen (secondary N) is 2. The van der Waals surface area contributed by atoms with Crippen molar-refractivity contribution >= 4 is 11.6 Å². The van der Waals surface area contributed by atoms with Gasteiger partial charge in [-0.1, -0.05) is 0 Å². The van der Waals surface area contributed by atoms with Crippen molar-refractivity contribution in [1.82, 2.24) is 10.3 Å². The third kappa shape index (κ3) is 5.54. The lowest BCUT2D eigenvalue weighted by atomic mass is 9.98. The van der Waals surface area contributed by atoms with E-state index in [9.17, 15) is 18.4 Å². The van der Waals surface area contributed by atoms with E-state index >= 15 is 0 Å². The fourth-order valence-corrected chi connectivity index (χ4v) is 4.33. The van der Waals surface area contributed by atoms with Crippen LogP contribution in [0.2, 0.25) is 0 Å². The standard InChI is InChI=1S/C24H31F2N3O3/c1-14-9-19(23(30)27-12-20-15(2)11-16(3)28-24(20)31)17(4)21(10-14)29(13-22(25)26)18-5-7-32-8-6-18/h9-11,18,22H,5-8,12-13H2,1-4H3,(H,27,30)(H,28,31). The predicted octanol–water partition coefficient (Wildman–Crippen LogP) is 3.79. The van der Waals surface area contributed by atoms with E-state index < -0.39 is 13.0 Å². The molecule has 2 aromatic rings. The summed E-state index contributed by atoms with van der Waals surface area (Å²) in [5.41, 5.74) is 4.35. The molecule has 0 unspecified atom stereocenters. The van der Waals surface area contributed by atoms with Crippen molar-refractivity contribution in [2.24, 2.45) is 0 Å². The molecule has 0 atom stereocenters. The van der Waals surface area contributed by atoms with Crippen LogP contribution in [0.5, 0.6) is 0 Å². The van der Waals surface area contributed by atoms with Gasteiger partial charge in [0, 0.05) is 48.3 Å². The predicted molar refractivity (Wildman–Crippen MR) is 121 cm³/mol. The molecule has 1 saturated heterocycles. The number of rotatable bonds is 7. The molecule has 0 aliphatic carbocycles. The number of anilines is 1. The summed E-state index contributed by atoms with van der Waals surface area (Å²) in [4.78, 5) is 29.8. The van der Waals surface area contributed by atoms with Crippen molar-refractivity contribution in [3.8, 4) is 0 Å². The Balaban J connectivity index is 1.89. The number of hydrogen-bond acceptors (Lipinski definition) is 4. The molecule has 0 radical (unpaired) electrons. The molecule has 174 valence electrons. The molecule has 1 aliphatic heterocycles. The molecule has 1 amide bonds. The number of nitrogens with zero attached hydrogens (tertiary/aromatic N) is 1. The number of benzene rings is 1. The number of amides is 1. The van der Waals surface area contributed by atoms with Crippen LogP contribution in [0.1, 0.15) is 51.1 Å². The zero-order valence-corrected chi connectivity index (χ0v) is 19.1. The number of aromatic amines is 1. The summed E-state index contributed by atoms with van der Waals surface area (Å²) >= 11 is 0. The first-order chi connectivity index (χ1) is 15.2. The van der Waals surface area contributed by atoms with Crippen molar-refractivity contribution in [3.05, 3.63) is 62.1 Å². The van der Waals surface area contributed by atoms with E-state index in [1.807, 2.05) is 26.0 Å². The second-order valence-corrected chi connectivity index (χ2v) is 8.47. The van der Waals surface area contributed by atoms with Gasteiger partial charge in [-0.3, -0.25) is 9.59 Å². The third-order valence-electron chi connectivity index (χ3n) is 5.96. The minimum Gasteiger partial charge on any atom is -0.381 e. The van der Waals surface area contributed by atoms with E-state index in [4.69, 9.17) is 4.74 Å². The molecule has 6 nitrogen and oxygen atoms in total. The van der Waals surface area contributed by atoms with Gasteiger partial charge in [0.2, 0.25) is 0 Å². The Morgan fingerprint density at radius 1 is 1.19 bits per heavy atom. The fraction of sp³-hybridized carbons (Fsp3) is 0.500. The van der Waals surface area contributed by atoms with Crippen LogP contribution >= 0.6 is 0 Å². The molecule has 0 bridgehead atoms. The SMILES string of the molecule is Cc1cc(C(=O)NCc2c(C)cc(C)[nH]c2=O)c(C)c(N(CC(F)F)C2CCOCC2)c1. The van der Waals surface area contributed by atoms with Crippen molar-refractivity contribution < 1.29 is 18.3 Å². The maximum atomic E-state index is 13.4. The van der Waals surface area contributed by atoms with Gasteiger partial charge in [-0.25, -0.2) is 8.78 Å². The summed E-state index contributed by atoms with van der Waals surface area (Å²) in [6.07, 6.45) is -1.17. The van der Waals surface area contributed by atoms with Crippen LogP contribution in [-0.2, 0) is 11.3 Å². The van der Waals surface area contributed by atoms with Crippen LogP contribution in [0.3, 0.4) is 0 Å². The summed E-state index contributed by atoms with van der Waals surface area (Å²) in [7, 11) is 0. The van der Waals surface area contributed by atoms with Crippen LogP contribution in [0.15, 0.2) is 23.0 Å². The third-order valence-corrected chi connectivity index (χ3v) is 5.96. The van der Waals surface area contributed by atoms with E-state index in [1.54, 1.807) is 24.8 Å². The number of pyridine rings is 1. The maximum Gasteiger partial charge on any atom is 0.255 e. The van der Waals surface area contributed by atoms with E-state index in [0.717, 1.165) is 16.8 Å². The molecule has 1 aromatic heterocycles. The van der Waals surface area contributed by atoms with Gasteiger partial charge in [0.1, 0.15) is 0 Å². The molecule has 1 fully saturated rings. The number of aryl methyl sites for hydroxylation is 3. The van der Waals surface area contributed by atoms with Crippen molar-refractivity contribution in [2.75, 3.05) is 24.7 Å². The minimum atomic E-state index is -2.49. The van der Waals surface area contributed by atoms with Crippen LogP contribution < -0.4 is 15.8 Å². The lowest BCUT2D eigenvalue weighted by Gasteiger charge is -2.37. The lowest BCUT2D eigenvalue weighted by molar-refractivity contribution is 0.0787. The summed E-state index contributed by atoms with van der Waals surface area (Å²) in [6.45, 7) is 8.02. The number of ether oxygens (including phenoxy) is 1. The first-order valence-electron chi connectivity index (χ1n) is 10.9. The van der Waals surface area contributed by atoms with Crippen molar-refractivity contribution in [1.29, 1.82) is 0 Å².